The molecule has 0 aliphatic heterocycles. The number of aliphatic carboxylic acids is 1. The Morgan fingerprint density at radius 3 is 2.35 bits per heavy atom. The van der Waals surface area contributed by atoms with Crippen molar-refractivity contribution in [3.63, 3.8) is 0 Å². The summed E-state index contributed by atoms with van der Waals surface area (Å²) in [5.74, 6) is -0.187. The highest BCUT2D eigenvalue weighted by Gasteiger charge is 2.21. The average molecular weight is 414 g/mol. The molecule has 4 aromatic rings. The lowest BCUT2D eigenvalue weighted by Gasteiger charge is -2.17. The van der Waals surface area contributed by atoms with E-state index in [1.807, 2.05) is 60.7 Å². The first-order valence-corrected chi connectivity index (χ1v) is 10.1. The van der Waals surface area contributed by atoms with Crippen LogP contribution < -0.4 is 10.2 Å². The number of carbonyl (C=O) groups is 1. The van der Waals surface area contributed by atoms with E-state index in [4.69, 9.17) is 9.15 Å². The van der Waals surface area contributed by atoms with Gasteiger partial charge in [0.2, 0.25) is 0 Å². The number of hydrogen-bond donors (Lipinski definition) is 1. The first-order chi connectivity index (χ1) is 15.0. The number of rotatable bonds is 7. The van der Waals surface area contributed by atoms with Gasteiger partial charge < -0.3 is 14.3 Å². The van der Waals surface area contributed by atoms with Crippen molar-refractivity contribution in [1.82, 2.24) is 0 Å². The third-order valence-corrected chi connectivity index (χ3v) is 5.24. The van der Waals surface area contributed by atoms with Crippen LogP contribution in [0.2, 0.25) is 0 Å². The molecule has 1 unspecified atom stereocenters. The molecule has 4 rings (SSSR count). The van der Waals surface area contributed by atoms with Crippen molar-refractivity contribution in [2.75, 3.05) is 0 Å². The quantitative estimate of drug-likeness (QED) is 0.448. The van der Waals surface area contributed by atoms with Gasteiger partial charge in [-0.15, -0.1) is 0 Å². The van der Waals surface area contributed by atoms with Gasteiger partial charge in [-0.2, -0.15) is 0 Å². The van der Waals surface area contributed by atoms with Gasteiger partial charge in [-0.3, -0.25) is 4.79 Å². The van der Waals surface area contributed by atoms with Gasteiger partial charge in [-0.05, 0) is 37.5 Å². The van der Waals surface area contributed by atoms with Crippen LogP contribution in [-0.4, -0.2) is 17.2 Å². The van der Waals surface area contributed by atoms with Crippen molar-refractivity contribution in [2.24, 2.45) is 0 Å². The minimum Gasteiger partial charge on any atom is -0.479 e. The Labute approximate surface area is 179 Å². The number of fused-ring (bicyclic) bond motifs is 1. The van der Waals surface area contributed by atoms with E-state index in [1.54, 1.807) is 19.1 Å². The number of carboxylic acids is 1. The molecule has 1 heterocycles. The zero-order valence-corrected chi connectivity index (χ0v) is 17.1. The zero-order chi connectivity index (χ0) is 21.8. The smallest absolute Gasteiger partial charge is 0.344 e. The molecule has 0 aliphatic carbocycles. The van der Waals surface area contributed by atoms with Crippen LogP contribution in [0.4, 0.5) is 0 Å². The number of ether oxygens (including phenoxy) is 1. The predicted octanol–water partition coefficient (Wildman–Crippen LogP) is 5.23. The predicted molar refractivity (Wildman–Crippen MR) is 119 cm³/mol. The third-order valence-electron chi connectivity index (χ3n) is 5.24. The van der Waals surface area contributed by atoms with Crippen LogP contribution in [0, 0.1) is 6.92 Å². The van der Waals surface area contributed by atoms with Gasteiger partial charge in [0, 0.05) is 17.2 Å². The fourth-order valence-electron chi connectivity index (χ4n) is 3.54. The topological polar surface area (TPSA) is 76.7 Å². The largest absolute Gasteiger partial charge is 0.479 e. The summed E-state index contributed by atoms with van der Waals surface area (Å²) < 4.78 is 11.9. The maximum absolute atomic E-state index is 12.6. The van der Waals surface area contributed by atoms with Crippen molar-refractivity contribution in [2.45, 2.75) is 25.9 Å². The van der Waals surface area contributed by atoms with Crippen molar-refractivity contribution in [3.05, 3.63) is 100 Å². The SMILES string of the molecule is Cc1c(OC(CCc2ccccc2)C(=O)O)ccc2c(=O)cc(-c3ccccc3)oc12. The highest BCUT2D eigenvalue weighted by Crippen LogP contribution is 2.30. The van der Waals surface area contributed by atoms with E-state index in [2.05, 4.69) is 0 Å². The minimum atomic E-state index is -1.03. The van der Waals surface area contributed by atoms with E-state index in [0.29, 0.717) is 40.9 Å². The average Bonchev–Trinajstić information content (AvgIpc) is 2.79. The molecule has 5 heteroatoms. The summed E-state index contributed by atoms with van der Waals surface area (Å²) in [6.07, 6.45) is -0.108. The van der Waals surface area contributed by atoms with Gasteiger partial charge >= 0.3 is 5.97 Å². The third kappa shape index (κ3) is 4.51. The molecule has 0 radical (unpaired) electrons. The summed E-state index contributed by atoms with van der Waals surface area (Å²) in [5, 5.41) is 10.1. The van der Waals surface area contributed by atoms with Crippen LogP contribution in [0.25, 0.3) is 22.3 Å². The van der Waals surface area contributed by atoms with Crippen LogP contribution >= 0.6 is 0 Å². The van der Waals surface area contributed by atoms with Gasteiger partial charge in [0.05, 0.1) is 5.39 Å². The van der Waals surface area contributed by atoms with Crippen LogP contribution in [0.1, 0.15) is 17.5 Å². The molecular weight excluding hydrogens is 392 g/mol. The Hall–Kier alpha value is -3.86. The lowest BCUT2D eigenvalue weighted by molar-refractivity contribution is -0.145. The van der Waals surface area contributed by atoms with Gasteiger partial charge in [-0.1, -0.05) is 60.7 Å². The number of hydrogen-bond acceptors (Lipinski definition) is 4. The number of benzene rings is 3. The second kappa shape index (κ2) is 8.88. The number of carboxylic acid groups (broad SMARTS) is 1. The fraction of sp³-hybridized carbons (Fsp3) is 0.154. The molecule has 0 fully saturated rings. The number of aryl methyl sites for hydroxylation is 2. The van der Waals surface area contributed by atoms with Crippen molar-refractivity contribution < 1.29 is 19.1 Å². The summed E-state index contributed by atoms with van der Waals surface area (Å²) >= 11 is 0. The second-order valence-corrected chi connectivity index (χ2v) is 7.38. The maximum atomic E-state index is 12.6. The van der Waals surface area contributed by atoms with Crippen LogP contribution in [0.5, 0.6) is 5.75 Å². The summed E-state index contributed by atoms with van der Waals surface area (Å²) in [7, 11) is 0. The Balaban J connectivity index is 1.66. The van der Waals surface area contributed by atoms with E-state index in [9.17, 15) is 14.7 Å². The summed E-state index contributed by atoms with van der Waals surface area (Å²) in [5.41, 5.74) is 2.67. The lowest BCUT2D eigenvalue weighted by atomic mass is 10.1. The van der Waals surface area contributed by atoms with E-state index < -0.39 is 12.1 Å². The molecule has 3 aromatic carbocycles. The summed E-state index contributed by atoms with van der Waals surface area (Å²) in [6.45, 7) is 1.77. The Morgan fingerprint density at radius 2 is 1.68 bits per heavy atom. The standard InChI is InChI=1S/C26H22O5/c1-17-22(30-23(26(28)29)14-12-18-8-4-2-5-9-18)15-13-20-21(27)16-24(31-25(17)20)19-10-6-3-7-11-19/h2-11,13,15-16,23H,12,14H2,1H3,(H,28,29). The molecule has 31 heavy (non-hydrogen) atoms. The van der Waals surface area contributed by atoms with Gasteiger partial charge in [0.1, 0.15) is 17.1 Å². The lowest BCUT2D eigenvalue weighted by Crippen LogP contribution is -2.28. The highest BCUT2D eigenvalue weighted by molar-refractivity contribution is 5.84. The fourth-order valence-corrected chi connectivity index (χ4v) is 3.54. The normalized spacial score (nSPS) is 11.9. The van der Waals surface area contributed by atoms with E-state index in [0.717, 1.165) is 11.1 Å². The molecule has 1 aromatic heterocycles. The van der Waals surface area contributed by atoms with E-state index in [-0.39, 0.29) is 5.43 Å². The molecule has 0 aliphatic rings. The monoisotopic (exact) mass is 414 g/mol. The molecule has 0 amide bonds. The minimum absolute atomic E-state index is 0.159. The molecule has 156 valence electrons. The molecular formula is C26H22O5. The van der Waals surface area contributed by atoms with E-state index in [1.165, 1.54) is 6.07 Å². The Kier molecular flexibility index (Phi) is 5.85. The molecule has 1 atom stereocenters. The molecule has 5 nitrogen and oxygen atoms in total. The molecule has 0 saturated carbocycles. The molecule has 0 bridgehead atoms. The first-order valence-electron chi connectivity index (χ1n) is 10.1. The first kappa shape index (κ1) is 20.4. The molecule has 1 N–H and O–H groups in total. The van der Waals surface area contributed by atoms with Crippen LogP contribution in [0.3, 0.4) is 0 Å². The van der Waals surface area contributed by atoms with Crippen LogP contribution in [-0.2, 0) is 11.2 Å². The van der Waals surface area contributed by atoms with Gasteiger partial charge in [0.25, 0.3) is 0 Å². The van der Waals surface area contributed by atoms with Gasteiger partial charge in [0.15, 0.2) is 11.5 Å². The summed E-state index contributed by atoms with van der Waals surface area (Å²) in [4.78, 5) is 24.4. The maximum Gasteiger partial charge on any atom is 0.344 e. The van der Waals surface area contributed by atoms with Crippen LogP contribution in [0.15, 0.2) is 88.1 Å². The van der Waals surface area contributed by atoms with Crippen molar-refractivity contribution in [3.8, 4) is 17.1 Å². The van der Waals surface area contributed by atoms with Crippen molar-refractivity contribution >= 4 is 16.9 Å². The Bertz CT molecular complexity index is 1260. The summed E-state index contributed by atoms with van der Waals surface area (Å²) in [6, 6.07) is 23.8. The van der Waals surface area contributed by atoms with Crippen molar-refractivity contribution in [1.29, 1.82) is 0 Å². The zero-order valence-electron chi connectivity index (χ0n) is 17.1. The van der Waals surface area contributed by atoms with Gasteiger partial charge in [-0.25, -0.2) is 4.79 Å². The highest BCUT2D eigenvalue weighted by atomic mass is 16.5. The molecule has 0 spiro atoms. The Morgan fingerprint density at radius 1 is 1.00 bits per heavy atom. The van der Waals surface area contributed by atoms with E-state index >= 15 is 0 Å². The second-order valence-electron chi connectivity index (χ2n) is 7.38. The molecule has 0 saturated heterocycles.